The van der Waals surface area contributed by atoms with E-state index < -0.39 is 0 Å². The van der Waals surface area contributed by atoms with Gasteiger partial charge in [0.2, 0.25) is 5.91 Å². The molecule has 2 aromatic rings. The third kappa shape index (κ3) is 3.68. The molecule has 0 saturated carbocycles. The highest BCUT2D eigenvalue weighted by atomic mass is 32.1. The quantitative estimate of drug-likeness (QED) is 0.872. The van der Waals surface area contributed by atoms with Crippen molar-refractivity contribution in [2.24, 2.45) is 0 Å². The topological polar surface area (TPSA) is 51.2 Å². The van der Waals surface area contributed by atoms with Crippen LogP contribution in [-0.4, -0.2) is 18.0 Å². The zero-order chi connectivity index (χ0) is 14.5. The van der Waals surface area contributed by atoms with Gasteiger partial charge >= 0.3 is 0 Å². The maximum absolute atomic E-state index is 11.6. The molecular weight excluding hydrogens is 272 g/mol. The highest BCUT2D eigenvalue weighted by Crippen LogP contribution is 2.26. The SMILES string of the molecule is COc1ccc(-c2csc(NC(=O)C=C(C)C)n2)cc1. The van der Waals surface area contributed by atoms with Crippen LogP contribution < -0.4 is 10.1 Å². The Morgan fingerprint density at radius 1 is 1.30 bits per heavy atom. The van der Waals surface area contributed by atoms with Crippen LogP contribution in [0.3, 0.4) is 0 Å². The number of carbonyl (C=O) groups excluding carboxylic acids is 1. The third-order valence-electron chi connectivity index (χ3n) is 2.54. The number of ether oxygens (including phenoxy) is 1. The van der Waals surface area contributed by atoms with Crippen LogP contribution in [0.25, 0.3) is 11.3 Å². The number of carbonyl (C=O) groups is 1. The Hall–Kier alpha value is -2.14. The maximum Gasteiger partial charge on any atom is 0.250 e. The van der Waals surface area contributed by atoms with Gasteiger partial charge in [-0.05, 0) is 38.1 Å². The van der Waals surface area contributed by atoms with Crippen LogP contribution in [0.5, 0.6) is 5.75 Å². The lowest BCUT2D eigenvalue weighted by Gasteiger charge is -2.00. The largest absolute Gasteiger partial charge is 0.497 e. The lowest BCUT2D eigenvalue weighted by Crippen LogP contribution is -2.07. The molecule has 0 radical (unpaired) electrons. The van der Waals surface area contributed by atoms with Crippen molar-refractivity contribution in [1.29, 1.82) is 0 Å². The van der Waals surface area contributed by atoms with E-state index in [9.17, 15) is 4.79 Å². The molecule has 0 unspecified atom stereocenters. The van der Waals surface area contributed by atoms with Crippen LogP contribution in [0.2, 0.25) is 0 Å². The average molecular weight is 288 g/mol. The molecule has 0 spiro atoms. The summed E-state index contributed by atoms with van der Waals surface area (Å²) in [7, 11) is 1.63. The van der Waals surface area contributed by atoms with Crippen molar-refractivity contribution in [3.8, 4) is 17.0 Å². The summed E-state index contributed by atoms with van der Waals surface area (Å²) < 4.78 is 5.12. The first-order valence-corrected chi connectivity index (χ1v) is 7.02. The van der Waals surface area contributed by atoms with E-state index in [-0.39, 0.29) is 5.91 Å². The molecule has 0 aliphatic carbocycles. The van der Waals surface area contributed by atoms with Crippen LogP contribution in [0.15, 0.2) is 41.3 Å². The number of methoxy groups -OCH3 is 1. The molecule has 0 fully saturated rings. The highest BCUT2D eigenvalue weighted by molar-refractivity contribution is 7.14. The first kappa shape index (κ1) is 14.3. The summed E-state index contributed by atoms with van der Waals surface area (Å²) in [5.41, 5.74) is 2.78. The molecule has 1 heterocycles. The zero-order valence-corrected chi connectivity index (χ0v) is 12.5. The molecular formula is C15H16N2O2S. The van der Waals surface area contributed by atoms with Gasteiger partial charge in [-0.3, -0.25) is 10.1 Å². The standard InChI is InChI=1S/C15H16N2O2S/c1-10(2)8-14(18)17-15-16-13(9-20-15)11-4-6-12(19-3)7-5-11/h4-9H,1-3H3,(H,16,17,18). The molecule has 0 aliphatic rings. The van der Waals surface area contributed by atoms with E-state index in [2.05, 4.69) is 10.3 Å². The van der Waals surface area contributed by atoms with Gasteiger partial charge in [-0.2, -0.15) is 0 Å². The van der Waals surface area contributed by atoms with Crippen LogP contribution in [-0.2, 0) is 4.79 Å². The molecule has 0 atom stereocenters. The van der Waals surface area contributed by atoms with Crippen molar-refractivity contribution in [3.05, 3.63) is 41.3 Å². The van der Waals surface area contributed by atoms with Gasteiger partial charge in [-0.25, -0.2) is 4.98 Å². The number of hydrogen-bond acceptors (Lipinski definition) is 4. The molecule has 0 aliphatic heterocycles. The predicted octanol–water partition coefficient (Wildman–Crippen LogP) is 3.72. The van der Waals surface area contributed by atoms with Gasteiger partial charge in [0, 0.05) is 17.0 Å². The van der Waals surface area contributed by atoms with Gasteiger partial charge in [-0.1, -0.05) is 5.57 Å². The number of aromatic nitrogens is 1. The van der Waals surface area contributed by atoms with E-state index in [1.54, 1.807) is 13.2 Å². The van der Waals surface area contributed by atoms with E-state index in [4.69, 9.17) is 4.74 Å². The lowest BCUT2D eigenvalue weighted by molar-refractivity contribution is -0.111. The van der Waals surface area contributed by atoms with Crippen molar-refractivity contribution in [1.82, 2.24) is 4.98 Å². The Kier molecular flexibility index (Phi) is 4.53. The molecule has 5 heteroatoms. The molecule has 0 saturated heterocycles. The summed E-state index contributed by atoms with van der Waals surface area (Å²) in [4.78, 5) is 16.0. The normalized spacial score (nSPS) is 9.95. The Bertz CT molecular complexity index is 626. The van der Waals surface area contributed by atoms with Gasteiger partial charge in [-0.15, -0.1) is 11.3 Å². The van der Waals surface area contributed by atoms with Crippen molar-refractivity contribution < 1.29 is 9.53 Å². The smallest absolute Gasteiger partial charge is 0.250 e. The van der Waals surface area contributed by atoms with Gasteiger partial charge in [0.15, 0.2) is 5.13 Å². The van der Waals surface area contributed by atoms with Gasteiger partial charge in [0.25, 0.3) is 0 Å². The Morgan fingerprint density at radius 2 is 2.00 bits per heavy atom. The summed E-state index contributed by atoms with van der Waals surface area (Å²) in [6.45, 7) is 3.76. The van der Waals surface area contributed by atoms with Gasteiger partial charge in [0.05, 0.1) is 12.8 Å². The van der Waals surface area contributed by atoms with Gasteiger partial charge < -0.3 is 4.74 Å². The zero-order valence-electron chi connectivity index (χ0n) is 11.6. The minimum atomic E-state index is -0.152. The first-order chi connectivity index (χ1) is 9.58. The number of nitrogens with one attached hydrogen (secondary N) is 1. The average Bonchev–Trinajstić information content (AvgIpc) is 2.86. The summed E-state index contributed by atoms with van der Waals surface area (Å²) in [5.74, 6) is 0.654. The Labute approximate surface area is 122 Å². The number of rotatable bonds is 4. The van der Waals surface area contributed by atoms with E-state index in [0.29, 0.717) is 5.13 Å². The summed E-state index contributed by atoms with van der Waals surface area (Å²) in [6.07, 6.45) is 1.55. The maximum atomic E-state index is 11.6. The Balaban J connectivity index is 2.12. The molecule has 1 N–H and O–H groups in total. The number of allylic oxidation sites excluding steroid dienone is 1. The monoisotopic (exact) mass is 288 g/mol. The van der Waals surface area contributed by atoms with E-state index in [0.717, 1.165) is 22.6 Å². The molecule has 1 aromatic carbocycles. The summed E-state index contributed by atoms with van der Waals surface area (Å²) in [6, 6.07) is 7.65. The van der Waals surface area contributed by atoms with E-state index >= 15 is 0 Å². The fourth-order valence-electron chi connectivity index (χ4n) is 1.63. The Morgan fingerprint density at radius 3 is 2.60 bits per heavy atom. The molecule has 0 bridgehead atoms. The second-order valence-electron chi connectivity index (χ2n) is 4.48. The van der Waals surface area contributed by atoms with Gasteiger partial charge in [0.1, 0.15) is 5.75 Å². The number of benzene rings is 1. The number of thiazole rings is 1. The third-order valence-corrected chi connectivity index (χ3v) is 3.30. The summed E-state index contributed by atoms with van der Waals surface area (Å²) >= 11 is 1.41. The lowest BCUT2D eigenvalue weighted by atomic mass is 10.2. The van der Waals surface area contributed by atoms with Crippen molar-refractivity contribution >= 4 is 22.4 Å². The minimum Gasteiger partial charge on any atom is -0.497 e. The van der Waals surface area contributed by atoms with Crippen LogP contribution in [0, 0.1) is 0 Å². The highest BCUT2D eigenvalue weighted by Gasteiger charge is 2.06. The van der Waals surface area contributed by atoms with Crippen LogP contribution >= 0.6 is 11.3 Å². The molecule has 4 nitrogen and oxygen atoms in total. The number of anilines is 1. The van der Waals surface area contributed by atoms with E-state index in [1.165, 1.54) is 11.3 Å². The van der Waals surface area contributed by atoms with E-state index in [1.807, 2.05) is 43.5 Å². The molecule has 1 amide bonds. The number of nitrogens with zero attached hydrogens (tertiary/aromatic N) is 1. The molecule has 104 valence electrons. The molecule has 20 heavy (non-hydrogen) atoms. The molecule has 2 rings (SSSR count). The number of hydrogen-bond donors (Lipinski definition) is 1. The summed E-state index contributed by atoms with van der Waals surface area (Å²) in [5, 5.41) is 5.27. The second-order valence-corrected chi connectivity index (χ2v) is 5.34. The van der Waals surface area contributed by atoms with Crippen molar-refractivity contribution in [2.45, 2.75) is 13.8 Å². The fourth-order valence-corrected chi connectivity index (χ4v) is 2.35. The minimum absolute atomic E-state index is 0.152. The number of amides is 1. The van der Waals surface area contributed by atoms with Crippen LogP contribution in [0.1, 0.15) is 13.8 Å². The van der Waals surface area contributed by atoms with Crippen molar-refractivity contribution in [3.63, 3.8) is 0 Å². The molecule has 1 aromatic heterocycles. The van der Waals surface area contributed by atoms with Crippen LogP contribution in [0.4, 0.5) is 5.13 Å². The van der Waals surface area contributed by atoms with Crippen molar-refractivity contribution in [2.75, 3.05) is 12.4 Å². The first-order valence-electron chi connectivity index (χ1n) is 6.14. The second kappa shape index (κ2) is 6.34. The predicted molar refractivity (Wildman–Crippen MR) is 82.2 cm³/mol. The fraction of sp³-hybridized carbons (Fsp3) is 0.200.